The van der Waals surface area contributed by atoms with Gasteiger partial charge in [-0.1, -0.05) is 11.6 Å². The number of aryl methyl sites for hydroxylation is 1. The maximum absolute atomic E-state index is 6.00. The molecule has 0 bridgehead atoms. The summed E-state index contributed by atoms with van der Waals surface area (Å²) < 4.78 is 5.20. The molecule has 19 heavy (non-hydrogen) atoms. The van der Waals surface area contributed by atoms with E-state index in [-0.39, 0.29) is 0 Å². The van der Waals surface area contributed by atoms with E-state index in [1.54, 1.807) is 13.2 Å². The third-order valence-electron chi connectivity index (χ3n) is 3.68. The zero-order chi connectivity index (χ0) is 13.8. The summed E-state index contributed by atoms with van der Waals surface area (Å²) in [4.78, 5) is 11.2. The van der Waals surface area contributed by atoms with Gasteiger partial charge in [-0.25, -0.2) is 9.97 Å². The Morgan fingerprint density at radius 2 is 2.21 bits per heavy atom. The zero-order valence-corrected chi connectivity index (χ0v) is 12.7. The van der Waals surface area contributed by atoms with Crippen LogP contribution >= 0.6 is 11.6 Å². The highest BCUT2D eigenvalue weighted by molar-refractivity contribution is 6.29. The van der Waals surface area contributed by atoms with Gasteiger partial charge in [0.2, 0.25) is 0 Å². The fourth-order valence-corrected chi connectivity index (χ4v) is 2.61. The highest BCUT2D eigenvalue weighted by Gasteiger charge is 2.32. The number of aromatic nitrogens is 2. The lowest BCUT2D eigenvalue weighted by Gasteiger charge is -2.28. The van der Waals surface area contributed by atoms with E-state index in [0.29, 0.717) is 11.2 Å². The number of hydrogen-bond acceptors (Lipinski definition) is 4. The second-order valence-corrected chi connectivity index (χ2v) is 5.68. The van der Waals surface area contributed by atoms with Crippen LogP contribution in [-0.4, -0.2) is 41.2 Å². The molecule has 1 fully saturated rings. The fraction of sp³-hybridized carbons (Fsp3) is 0.714. The van der Waals surface area contributed by atoms with Crippen LogP contribution in [0, 0.1) is 12.8 Å². The van der Waals surface area contributed by atoms with Gasteiger partial charge in [0, 0.05) is 25.4 Å². The first-order valence-corrected chi connectivity index (χ1v) is 7.21. The minimum absolute atomic E-state index is 0.522. The van der Waals surface area contributed by atoms with Crippen LogP contribution in [0.5, 0.6) is 0 Å². The average Bonchev–Trinajstić information content (AvgIpc) is 3.16. The Balaban J connectivity index is 2.04. The topological polar surface area (TPSA) is 38.2 Å². The first-order chi connectivity index (χ1) is 9.10. The molecular weight excluding hydrogens is 262 g/mol. The van der Waals surface area contributed by atoms with Crippen LogP contribution in [0.4, 0.5) is 0 Å². The van der Waals surface area contributed by atoms with Crippen LogP contribution in [-0.2, 0) is 11.3 Å². The SMILES string of the molecule is COCCN(Cc1nc(C)cc(Cl)n1)C(C)C1CC1. The maximum Gasteiger partial charge on any atom is 0.144 e. The molecule has 0 radical (unpaired) electrons. The summed E-state index contributed by atoms with van der Waals surface area (Å²) in [5, 5.41) is 0.522. The first kappa shape index (κ1) is 14.7. The maximum atomic E-state index is 6.00. The van der Waals surface area contributed by atoms with E-state index in [0.717, 1.165) is 37.1 Å². The number of rotatable bonds is 7. The van der Waals surface area contributed by atoms with Crippen LogP contribution in [0.1, 0.15) is 31.3 Å². The Labute approximate surface area is 120 Å². The van der Waals surface area contributed by atoms with Crippen molar-refractivity contribution in [2.75, 3.05) is 20.3 Å². The molecule has 1 aromatic rings. The highest BCUT2D eigenvalue weighted by Crippen LogP contribution is 2.35. The second kappa shape index (κ2) is 6.64. The van der Waals surface area contributed by atoms with E-state index in [1.807, 2.05) is 6.92 Å². The fourth-order valence-electron chi connectivity index (χ4n) is 2.35. The first-order valence-electron chi connectivity index (χ1n) is 6.83. The normalized spacial score (nSPS) is 16.9. The van der Waals surface area contributed by atoms with E-state index in [4.69, 9.17) is 16.3 Å². The molecule has 5 heteroatoms. The number of hydrogen-bond donors (Lipinski definition) is 0. The van der Waals surface area contributed by atoms with Gasteiger partial charge in [0.25, 0.3) is 0 Å². The summed E-state index contributed by atoms with van der Waals surface area (Å²) in [6.45, 7) is 6.60. The highest BCUT2D eigenvalue weighted by atomic mass is 35.5. The minimum Gasteiger partial charge on any atom is -0.383 e. The molecule has 106 valence electrons. The van der Waals surface area contributed by atoms with E-state index < -0.39 is 0 Å². The van der Waals surface area contributed by atoms with Crippen molar-refractivity contribution < 1.29 is 4.74 Å². The second-order valence-electron chi connectivity index (χ2n) is 5.29. The van der Waals surface area contributed by atoms with Crippen molar-refractivity contribution in [3.8, 4) is 0 Å². The van der Waals surface area contributed by atoms with E-state index in [9.17, 15) is 0 Å². The summed E-state index contributed by atoms with van der Waals surface area (Å²) in [6.07, 6.45) is 2.67. The van der Waals surface area contributed by atoms with Gasteiger partial charge in [0.15, 0.2) is 0 Å². The van der Waals surface area contributed by atoms with Crippen LogP contribution in [0.15, 0.2) is 6.07 Å². The molecule has 0 aliphatic heterocycles. The van der Waals surface area contributed by atoms with Crippen LogP contribution in [0.25, 0.3) is 0 Å². The third-order valence-corrected chi connectivity index (χ3v) is 3.87. The summed E-state index contributed by atoms with van der Waals surface area (Å²) in [5.41, 5.74) is 0.917. The van der Waals surface area contributed by atoms with Crippen molar-refractivity contribution in [2.45, 2.75) is 39.3 Å². The molecule has 2 rings (SSSR count). The largest absolute Gasteiger partial charge is 0.383 e. The average molecular weight is 284 g/mol. The molecule has 0 N–H and O–H groups in total. The van der Waals surface area contributed by atoms with Gasteiger partial charge in [-0.05, 0) is 38.7 Å². The molecular formula is C14H22ClN3O. The van der Waals surface area contributed by atoms with Crippen molar-refractivity contribution in [1.29, 1.82) is 0 Å². The lowest BCUT2D eigenvalue weighted by atomic mass is 10.2. The molecule has 1 heterocycles. The monoisotopic (exact) mass is 283 g/mol. The van der Waals surface area contributed by atoms with Gasteiger partial charge in [-0.2, -0.15) is 0 Å². The summed E-state index contributed by atoms with van der Waals surface area (Å²) in [5.74, 6) is 1.62. The van der Waals surface area contributed by atoms with Gasteiger partial charge in [0.05, 0.1) is 13.2 Å². The number of ether oxygens (including phenoxy) is 1. The predicted octanol–water partition coefficient (Wildman–Crippen LogP) is 2.69. The van der Waals surface area contributed by atoms with Crippen molar-refractivity contribution in [3.05, 3.63) is 22.7 Å². The van der Waals surface area contributed by atoms with E-state index in [1.165, 1.54) is 12.8 Å². The minimum atomic E-state index is 0.522. The Morgan fingerprint density at radius 1 is 1.47 bits per heavy atom. The lowest BCUT2D eigenvalue weighted by Crippen LogP contribution is -2.37. The van der Waals surface area contributed by atoms with Gasteiger partial charge in [-0.15, -0.1) is 0 Å². The summed E-state index contributed by atoms with van der Waals surface area (Å²) in [7, 11) is 1.74. The molecule has 0 amide bonds. The number of nitrogens with zero attached hydrogens (tertiary/aromatic N) is 3. The summed E-state index contributed by atoms with van der Waals surface area (Å²) in [6, 6.07) is 2.34. The van der Waals surface area contributed by atoms with Crippen molar-refractivity contribution in [2.24, 2.45) is 5.92 Å². The van der Waals surface area contributed by atoms with Crippen LogP contribution < -0.4 is 0 Å². The van der Waals surface area contributed by atoms with Gasteiger partial charge in [-0.3, -0.25) is 4.90 Å². The Kier molecular flexibility index (Phi) is 5.13. The number of methoxy groups -OCH3 is 1. The molecule has 4 nitrogen and oxygen atoms in total. The van der Waals surface area contributed by atoms with Gasteiger partial charge >= 0.3 is 0 Å². The van der Waals surface area contributed by atoms with Crippen molar-refractivity contribution in [3.63, 3.8) is 0 Å². The van der Waals surface area contributed by atoms with E-state index >= 15 is 0 Å². The van der Waals surface area contributed by atoms with Crippen molar-refractivity contribution >= 4 is 11.6 Å². The molecule has 1 aliphatic rings. The summed E-state index contributed by atoms with van der Waals surface area (Å²) >= 11 is 6.00. The van der Waals surface area contributed by atoms with Crippen molar-refractivity contribution in [1.82, 2.24) is 14.9 Å². The Morgan fingerprint density at radius 3 is 2.79 bits per heavy atom. The molecule has 1 unspecified atom stereocenters. The molecule has 0 spiro atoms. The van der Waals surface area contributed by atoms with Gasteiger partial charge in [0.1, 0.15) is 11.0 Å². The van der Waals surface area contributed by atoms with Crippen LogP contribution in [0.3, 0.4) is 0 Å². The Hall–Kier alpha value is -0.710. The standard InChI is InChI=1S/C14H22ClN3O/c1-10-8-13(15)17-14(16-10)9-18(6-7-19-3)11(2)12-4-5-12/h8,11-12H,4-7,9H2,1-3H3. The third kappa shape index (κ3) is 4.41. The molecule has 0 aromatic carbocycles. The zero-order valence-electron chi connectivity index (χ0n) is 11.9. The smallest absolute Gasteiger partial charge is 0.144 e. The molecule has 1 aromatic heterocycles. The number of halogens is 1. The van der Waals surface area contributed by atoms with E-state index in [2.05, 4.69) is 21.8 Å². The molecule has 1 atom stereocenters. The predicted molar refractivity (Wildman–Crippen MR) is 76.3 cm³/mol. The Bertz CT molecular complexity index is 403. The van der Waals surface area contributed by atoms with Crippen LogP contribution in [0.2, 0.25) is 5.15 Å². The molecule has 1 saturated carbocycles. The van der Waals surface area contributed by atoms with Gasteiger partial charge < -0.3 is 4.74 Å². The molecule has 0 saturated heterocycles. The lowest BCUT2D eigenvalue weighted by molar-refractivity contribution is 0.109. The molecule has 1 aliphatic carbocycles. The quantitative estimate of drug-likeness (QED) is 0.721.